The molecule has 0 aliphatic rings. The average molecular weight is 317 g/mol. The van der Waals surface area contributed by atoms with Crippen LogP contribution in [0.1, 0.15) is 11.1 Å². The molecule has 5 heteroatoms. The quantitative estimate of drug-likeness (QED) is 0.851. The van der Waals surface area contributed by atoms with E-state index in [1.54, 1.807) is 19.2 Å². The molecule has 1 amide bonds. The molecule has 2 rings (SSSR count). The lowest BCUT2D eigenvalue weighted by Crippen LogP contribution is -2.32. The summed E-state index contributed by atoms with van der Waals surface area (Å²) in [6.07, 6.45) is 0. The summed E-state index contributed by atoms with van der Waals surface area (Å²) < 4.78 is 24.5. The molecule has 0 heterocycles. The zero-order valence-electron chi connectivity index (χ0n) is 12.7. The van der Waals surface area contributed by atoms with Crippen LogP contribution in [-0.4, -0.2) is 32.0 Å². The van der Waals surface area contributed by atoms with E-state index in [4.69, 9.17) is 0 Å². The number of aryl methyl sites for hydroxylation is 1. The van der Waals surface area contributed by atoms with Gasteiger partial charge in [-0.2, -0.15) is 0 Å². The SMILES string of the molecule is Cc1ccc(S(=O)(=O)CC(=O)N(C)Cc2ccccc2)cc1. The topological polar surface area (TPSA) is 54.5 Å². The Balaban J connectivity index is 2.05. The largest absolute Gasteiger partial charge is 0.341 e. The fourth-order valence-corrected chi connectivity index (χ4v) is 3.31. The van der Waals surface area contributed by atoms with Gasteiger partial charge in [0.25, 0.3) is 0 Å². The molecule has 2 aromatic carbocycles. The third-order valence-corrected chi connectivity index (χ3v) is 5.00. The van der Waals surface area contributed by atoms with Gasteiger partial charge in [-0.3, -0.25) is 4.79 Å². The van der Waals surface area contributed by atoms with Gasteiger partial charge < -0.3 is 4.90 Å². The Bertz CT molecular complexity index is 737. The van der Waals surface area contributed by atoms with Gasteiger partial charge in [0.2, 0.25) is 5.91 Å². The van der Waals surface area contributed by atoms with Crippen LogP contribution in [0, 0.1) is 6.92 Å². The van der Waals surface area contributed by atoms with E-state index < -0.39 is 21.5 Å². The molecular weight excluding hydrogens is 298 g/mol. The van der Waals surface area contributed by atoms with E-state index in [1.807, 2.05) is 37.3 Å². The predicted molar refractivity (Wildman–Crippen MR) is 86.1 cm³/mol. The maximum Gasteiger partial charge on any atom is 0.238 e. The van der Waals surface area contributed by atoms with Gasteiger partial charge in [0.1, 0.15) is 5.75 Å². The zero-order valence-corrected chi connectivity index (χ0v) is 13.5. The highest BCUT2D eigenvalue weighted by atomic mass is 32.2. The summed E-state index contributed by atoms with van der Waals surface area (Å²) in [6.45, 7) is 2.28. The third kappa shape index (κ3) is 4.18. The first-order valence-corrected chi connectivity index (χ1v) is 8.61. The predicted octanol–water partition coefficient (Wildman–Crippen LogP) is 2.43. The van der Waals surface area contributed by atoms with Crippen LogP contribution in [0.4, 0.5) is 0 Å². The highest BCUT2D eigenvalue weighted by molar-refractivity contribution is 7.92. The molecule has 0 saturated heterocycles. The molecule has 0 aliphatic heterocycles. The van der Waals surface area contributed by atoms with Crippen molar-refractivity contribution in [2.45, 2.75) is 18.4 Å². The van der Waals surface area contributed by atoms with E-state index in [0.29, 0.717) is 6.54 Å². The van der Waals surface area contributed by atoms with Gasteiger partial charge in [0.05, 0.1) is 4.90 Å². The van der Waals surface area contributed by atoms with Crippen LogP contribution in [0.15, 0.2) is 59.5 Å². The first kappa shape index (κ1) is 16.2. The van der Waals surface area contributed by atoms with E-state index in [-0.39, 0.29) is 4.90 Å². The van der Waals surface area contributed by atoms with Crippen LogP contribution in [0.3, 0.4) is 0 Å². The van der Waals surface area contributed by atoms with Gasteiger partial charge in [-0.05, 0) is 24.6 Å². The summed E-state index contributed by atoms with van der Waals surface area (Å²) in [7, 11) is -1.99. The van der Waals surface area contributed by atoms with Crippen LogP contribution in [-0.2, 0) is 21.2 Å². The van der Waals surface area contributed by atoms with Crippen molar-refractivity contribution >= 4 is 15.7 Å². The minimum atomic E-state index is -3.60. The van der Waals surface area contributed by atoms with Crippen LogP contribution < -0.4 is 0 Å². The molecule has 4 nitrogen and oxygen atoms in total. The van der Waals surface area contributed by atoms with Gasteiger partial charge in [0, 0.05) is 13.6 Å². The fraction of sp³-hybridized carbons (Fsp3) is 0.235. The van der Waals surface area contributed by atoms with E-state index in [0.717, 1.165) is 11.1 Å². The molecule has 116 valence electrons. The summed E-state index contributed by atoms with van der Waals surface area (Å²) >= 11 is 0. The van der Waals surface area contributed by atoms with Gasteiger partial charge >= 0.3 is 0 Å². The highest BCUT2D eigenvalue weighted by Crippen LogP contribution is 2.13. The van der Waals surface area contributed by atoms with E-state index >= 15 is 0 Å². The first-order valence-electron chi connectivity index (χ1n) is 6.96. The second kappa shape index (κ2) is 6.75. The number of sulfone groups is 1. The van der Waals surface area contributed by atoms with Crippen molar-refractivity contribution in [2.75, 3.05) is 12.8 Å². The Hall–Kier alpha value is -2.14. The second-order valence-corrected chi connectivity index (χ2v) is 7.30. The van der Waals surface area contributed by atoms with E-state index in [1.165, 1.54) is 17.0 Å². The van der Waals surface area contributed by atoms with Gasteiger partial charge in [-0.25, -0.2) is 8.42 Å². The molecule has 0 aliphatic carbocycles. The van der Waals surface area contributed by atoms with Crippen molar-refractivity contribution in [2.24, 2.45) is 0 Å². The molecule has 0 unspecified atom stereocenters. The number of carbonyl (C=O) groups excluding carboxylic acids is 1. The molecule has 0 bridgehead atoms. The Morgan fingerprint density at radius 3 is 2.18 bits per heavy atom. The summed E-state index contributed by atoms with van der Waals surface area (Å²) in [5, 5.41) is 0. The second-order valence-electron chi connectivity index (χ2n) is 5.31. The van der Waals surface area contributed by atoms with Gasteiger partial charge in [-0.15, -0.1) is 0 Å². The molecule has 0 fully saturated rings. The Kier molecular flexibility index (Phi) is 4.98. The van der Waals surface area contributed by atoms with Crippen molar-refractivity contribution < 1.29 is 13.2 Å². The summed E-state index contributed by atoms with van der Waals surface area (Å²) in [5.74, 6) is -0.927. The number of hydrogen-bond donors (Lipinski definition) is 0. The molecule has 0 N–H and O–H groups in total. The van der Waals surface area contributed by atoms with Gasteiger partial charge in [-0.1, -0.05) is 48.0 Å². The van der Waals surface area contributed by atoms with E-state index in [9.17, 15) is 13.2 Å². The lowest BCUT2D eigenvalue weighted by molar-refractivity contribution is -0.127. The van der Waals surface area contributed by atoms with Crippen molar-refractivity contribution in [3.63, 3.8) is 0 Å². The summed E-state index contributed by atoms with van der Waals surface area (Å²) in [4.78, 5) is 13.8. The molecule has 0 atom stereocenters. The zero-order chi connectivity index (χ0) is 16.2. The number of nitrogens with zero attached hydrogens (tertiary/aromatic N) is 1. The van der Waals surface area contributed by atoms with Gasteiger partial charge in [0.15, 0.2) is 9.84 Å². The molecule has 22 heavy (non-hydrogen) atoms. The average Bonchev–Trinajstić information content (AvgIpc) is 2.48. The Morgan fingerprint density at radius 1 is 1.00 bits per heavy atom. The highest BCUT2D eigenvalue weighted by Gasteiger charge is 2.21. The molecule has 0 aromatic heterocycles. The van der Waals surface area contributed by atoms with Crippen molar-refractivity contribution in [3.05, 3.63) is 65.7 Å². The first-order chi connectivity index (χ1) is 10.4. The van der Waals surface area contributed by atoms with Crippen LogP contribution in [0.2, 0.25) is 0 Å². The smallest absolute Gasteiger partial charge is 0.238 e. The molecule has 0 spiro atoms. The lowest BCUT2D eigenvalue weighted by Gasteiger charge is -2.17. The number of carbonyl (C=O) groups is 1. The van der Waals surface area contributed by atoms with E-state index in [2.05, 4.69) is 0 Å². The number of amides is 1. The minimum Gasteiger partial charge on any atom is -0.341 e. The summed E-state index contributed by atoms with van der Waals surface area (Å²) in [5.41, 5.74) is 1.94. The number of rotatable bonds is 5. The molecule has 0 radical (unpaired) electrons. The van der Waals surface area contributed by atoms with Crippen molar-refractivity contribution in [1.29, 1.82) is 0 Å². The third-order valence-electron chi connectivity index (χ3n) is 3.38. The minimum absolute atomic E-state index is 0.180. The standard InChI is InChI=1S/C17H19NO3S/c1-14-8-10-16(11-9-14)22(20,21)13-17(19)18(2)12-15-6-4-3-5-7-15/h3-11H,12-13H2,1-2H3. The van der Waals surface area contributed by atoms with Crippen LogP contribution >= 0.6 is 0 Å². The number of hydrogen-bond acceptors (Lipinski definition) is 3. The van der Waals surface area contributed by atoms with Crippen molar-refractivity contribution in [1.82, 2.24) is 4.90 Å². The monoisotopic (exact) mass is 317 g/mol. The van der Waals surface area contributed by atoms with Crippen LogP contribution in [0.25, 0.3) is 0 Å². The molecule has 0 saturated carbocycles. The number of benzene rings is 2. The fourth-order valence-electron chi connectivity index (χ4n) is 2.05. The lowest BCUT2D eigenvalue weighted by atomic mass is 10.2. The normalized spacial score (nSPS) is 11.2. The van der Waals surface area contributed by atoms with Crippen LogP contribution in [0.5, 0.6) is 0 Å². The Morgan fingerprint density at radius 2 is 1.59 bits per heavy atom. The maximum absolute atomic E-state index is 12.3. The van der Waals surface area contributed by atoms with Crippen molar-refractivity contribution in [3.8, 4) is 0 Å². The molecule has 2 aromatic rings. The molecular formula is C17H19NO3S. The maximum atomic E-state index is 12.3. The Labute approximate surface area is 131 Å². The summed E-state index contributed by atoms with van der Waals surface area (Å²) in [6, 6.07) is 16.0.